The fourth-order valence-corrected chi connectivity index (χ4v) is 5.82. The number of anilines is 1. The van der Waals surface area contributed by atoms with Gasteiger partial charge in [-0.05, 0) is 57.3 Å². The molecule has 0 aliphatic rings. The van der Waals surface area contributed by atoms with Crippen molar-refractivity contribution in [2.45, 2.75) is 27.7 Å². The smallest absolute Gasteiger partial charge is 0.232 e. The van der Waals surface area contributed by atoms with E-state index in [9.17, 15) is 13.5 Å². The summed E-state index contributed by atoms with van der Waals surface area (Å²) in [5.41, 5.74) is 3.76. The Balaban J connectivity index is 1.80. The molecule has 0 bridgehead atoms. The van der Waals surface area contributed by atoms with Gasteiger partial charge in [0.05, 0.1) is 47.6 Å². The van der Waals surface area contributed by atoms with Gasteiger partial charge >= 0.3 is 0 Å². The average molecular weight is 593 g/mol. The van der Waals surface area contributed by atoms with E-state index in [1.165, 1.54) is 10.6 Å². The predicted molar refractivity (Wildman–Crippen MR) is 170 cm³/mol. The molecule has 0 saturated carbocycles. The SMILES string of the molecule is CCOc1cc2[nH]c(O)c(C(=Nc3ccc(N(CCN(CC)CC)S(C)(=O)=O)cc3)c3ccccc3)c2cc1OCC. The number of ether oxygens (including phenoxy) is 2. The molecule has 3 aromatic carbocycles. The first kappa shape index (κ1) is 30.9. The highest BCUT2D eigenvalue weighted by Crippen LogP contribution is 2.39. The Morgan fingerprint density at radius 3 is 2.07 bits per heavy atom. The van der Waals surface area contributed by atoms with Crippen molar-refractivity contribution in [3.8, 4) is 17.4 Å². The molecular formula is C32H40N4O5S. The predicted octanol–water partition coefficient (Wildman–Crippen LogP) is 5.95. The van der Waals surface area contributed by atoms with Crippen molar-refractivity contribution in [3.63, 3.8) is 0 Å². The zero-order chi connectivity index (χ0) is 30.3. The maximum atomic E-state index is 12.7. The minimum absolute atomic E-state index is 0.0278. The zero-order valence-corrected chi connectivity index (χ0v) is 25.7. The highest BCUT2D eigenvalue weighted by molar-refractivity contribution is 7.92. The summed E-state index contributed by atoms with van der Waals surface area (Å²) in [6, 6.07) is 20.4. The maximum Gasteiger partial charge on any atom is 0.232 e. The van der Waals surface area contributed by atoms with E-state index in [0.29, 0.717) is 66.0 Å². The summed E-state index contributed by atoms with van der Waals surface area (Å²) in [6.07, 6.45) is 1.22. The van der Waals surface area contributed by atoms with E-state index in [0.717, 1.165) is 24.0 Å². The van der Waals surface area contributed by atoms with Gasteiger partial charge in [0, 0.05) is 30.1 Å². The molecule has 0 fully saturated rings. The van der Waals surface area contributed by atoms with Crippen LogP contribution < -0.4 is 13.8 Å². The van der Waals surface area contributed by atoms with Crippen LogP contribution in [0.25, 0.3) is 10.9 Å². The standard InChI is InChI=1S/C32H40N4O5S/c1-6-35(7-2)19-20-36(42(5,38)39)25-17-15-24(16-18-25)33-31(23-13-11-10-12-14-23)30-26-21-28(40-8-3)29(41-9-4)22-27(26)34-32(30)37/h10-18,21-22,34,37H,6-9,19-20H2,1-5H3. The number of likely N-dealkylation sites (N-methyl/N-ethyl adjacent to an activating group) is 1. The number of hydrogen-bond donors (Lipinski definition) is 2. The van der Waals surface area contributed by atoms with E-state index in [-0.39, 0.29) is 5.88 Å². The van der Waals surface area contributed by atoms with E-state index in [2.05, 4.69) is 23.7 Å². The normalized spacial score (nSPS) is 12.2. The lowest BCUT2D eigenvalue weighted by Crippen LogP contribution is -2.38. The van der Waals surface area contributed by atoms with Crippen LogP contribution in [0, 0.1) is 0 Å². The molecule has 9 nitrogen and oxygen atoms in total. The van der Waals surface area contributed by atoms with Gasteiger partial charge in [0.15, 0.2) is 17.4 Å². The third-order valence-electron chi connectivity index (χ3n) is 7.02. The molecule has 0 unspecified atom stereocenters. The highest BCUT2D eigenvalue weighted by atomic mass is 32.2. The van der Waals surface area contributed by atoms with Crippen LogP contribution in [0.1, 0.15) is 38.8 Å². The second kappa shape index (κ2) is 13.8. The second-order valence-corrected chi connectivity index (χ2v) is 11.7. The molecule has 0 aliphatic carbocycles. The summed E-state index contributed by atoms with van der Waals surface area (Å²) in [6.45, 7) is 11.6. The van der Waals surface area contributed by atoms with Gasteiger partial charge in [-0.2, -0.15) is 0 Å². The summed E-state index contributed by atoms with van der Waals surface area (Å²) < 4.78 is 38.4. The van der Waals surface area contributed by atoms with Crippen molar-refractivity contribution in [2.24, 2.45) is 4.99 Å². The quantitative estimate of drug-likeness (QED) is 0.175. The van der Waals surface area contributed by atoms with Crippen LogP contribution in [0.5, 0.6) is 17.4 Å². The molecule has 2 N–H and O–H groups in total. The minimum atomic E-state index is -3.48. The topological polar surface area (TPSA) is 107 Å². The lowest BCUT2D eigenvalue weighted by molar-refractivity contribution is 0.288. The molecule has 224 valence electrons. The first-order chi connectivity index (χ1) is 20.2. The molecule has 10 heteroatoms. The van der Waals surface area contributed by atoms with Gasteiger partial charge in [0.2, 0.25) is 10.0 Å². The van der Waals surface area contributed by atoms with Gasteiger partial charge in [0.1, 0.15) is 0 Å². The van der Waals surface area contributed by atoms with Crippen LogP contribution in [-0.2, 0) is 10.0 Å². The summed E-state index contributed by atoms with van der Waals surface area (Å²) in [7, 11) is -3.48. The fourth-order valence-electron chi connectivity index (χ4n) is 4.91. The molecule has 1 aromatic heterocycles. The summed E-state index contributed by atoms with van der Waals surface area (Å²) in [4.78, 5) is 10.2. The molecule has 0 radical (unpaired) electrons. The average Bonchev–Trinajstić information content (AvgIpc) is 3.29. The van der Waals surface area contributed by atoms with Crippen molar-refractivity contribution in [3.05, 3.63) is 77.9 Å². The Bertz CT molecular complexity index is 1610. The van der Waals surface area contributed by atoms with Crippen LogP contribution >= 0.6 is 0 Å². The summed E-state index contributed by atoms with van der Waals surface area (Å²) >= 11 is 0. The Kier molecular flexibility index (Phi) is 10.1. The molecule has 0 aliphatic heterocycles. The third-order valence-corrected chi connectivity index (χ3v) is 8.21. The number of fused-ring (bicyclic) bond motifs is 1. The Morgan fingerprint density at radius 1 is 0.881 bits per heavy atom. The number of aromatic amines is 1. The number of nitrogens with zero attached hydrogens (tertiary/aromatic N) is 3. The summed E-state index contributed by atoms with van der Waals surface area (Å²) in [5, 5.41) is 11.9. The molecule has 0 spiro atoms. The molecule has 42 heavy (non-hydrogen) atoms. The maximum absolute atomic E-state index is 12.7. The number of rotatable bonds is 14. The molecule has 1 heterocycles. The number of sulfonamides is 1. The molecule has 0 amide bonds. The third kappa shape index (κ3) is 7.06. The lowest BCUT2D eigenvalue weighted by atomic mass is 10.0. The van der Waals surface area contributed by atoms with Crippen molar-refractivity contribution in [1.29, 1.82) is 0 Å². The van der Waals surface area contributed by atoms with Gasteiger partial charge in [-0.15, -0.1) is 0 Å². The fraction of sp³-hybridized carbons (Fsp3) is 0.344. The number of aliphatic imine (C=N–C) groups is 1. The van der Waals surface area contributed by atoms with Gasteiger partial charge < -0.3 is 24.5 Å². The highest BCUT2D eigenvalue weighted by Gasteiger charge is 2.22. The van der Waals surface area contributed by atoms with E-state index in [4.69, 9.17) is 14.5 Å². The number of nitrogens with one attached hydrogen (secondary N) is 1. The van der Waals surface area contributed by atoms with E-state index >= 15 is 0 Å². The van der Waals surface area contributed by atoms with Crippen molar-refractivity contribution in [2.75, 3.05) is 50.0 Å². The largest absolute Gasteiger partial charge is 0.494 e. The van der Waals surface area contributed by atoms with Gasteiger partial charge in [-0.3, -0.25) is 4.31 Å². The number of hydrogen-bond acceptors (Lipinski definition) is 7. The van der Waals surface area contributed by atoms with E-state index < -0.39 is 10.0 Å². The van der Waals surface area contributed by atoms with Crippen molar-refractivity contribution in [1.82, 2.24) is 9.88 Å². The Hall–Kier alpha value is -4.02. The van der Waals surface area contributed by atoms with Crippen LogP contribution in [0.4, 0.5) is 11.4 Å². The molecular weight excluding hydrogens is 552 g/mol. The Labute approximate surface area is 248 Å². The van der Waals surface area contributed by atoms with Gasteiger partial charge in [0.25, 0.3) is 0 Å². The zero-order valence-electron chi connectivity index (χ0n) is 24.9. The van der Waals surface area contributed by atoms with Crippen LogP contribution in [0.2, 0.25) is 0 Å². The van der Waals surface area contributed by atoms with E-state index in [1.807, 2.05) is 56.3 Å². The van der Waals surface area contributed by atoms with E-state index in [1.54, 1.807) is 24.3 Å². The molecule has 4 aromatic rings. The monoisotopic (exact) mass is 592 g/mol. The number of benzene rings is 3. The summed E-state index contributed by atoms with van der Waals surface area (Å²) in [5.74, 6) is 1.14. The first-order valence-corrected chi connectivity index (χ1v) is 16.1. The number of H-pyrrole nitrogens is 1. The van der Waals surface area contributed by atoms with Crippen LogP contribution in [0.15, 0.2) is 71.7 Å². The second-order valence-electron chi connectivity index (χ2n) is 9.76. The van der Waals surface area contributed by atoms with Gasteiger partial charge in [-0.25, -0.2) is 13.4 Å². The van der Waals surface area contributed by atoms with Crippen LogP contribution in [-0.4, -0.2) is 74.8 Å². The van der Waals surface area contributed by atoms with Crippen molar-refractivity contribution < 1.29 is 23.0 Å². The molecule has 0 saturated heterocycles. The van der Waals surface area contributed by atoms with Gasteiger partial charge in [-0.1, -0.05) is 44.2 Å². The number of aromatic hydroxyl groups is 1. The Morgan fingerprint density at radius 2 is 1.50 bits per heavy atom. The van der Waals surface area contributed by atoms with Crippen LogP contribution in [0.3, 0.4) is 0 Å². The lowest BCUT2D eigenvalue weighted by Gasteiger charge is -2.26. The van der Waals surface area contributed by atoms with Crippen molar-refractivity contribution >= 4 is 38.0 Å². The molecule has 0 atom stereocenters. The number of aromatic nitrogens is 1. The molecule has 4 rings (SSSR count). The first-order valence-electron chi connectivity index (χ1n) is 14.3. The minimum Gasteiger partial charge on any atom is -0.494 e.